The summed E-state index contributed by atoms with van der Waals surface area (Å²) >= 11 is 0. The molecule has 0 saturated heterocycles. The molecule has 0 unspecified atom stereocenters. The van der Waals surface area contributed by atoms with E-state index in [1.165, 1.54) is 14.2 Å². The van der Waals surface area contributed by atoms with Crippen LogP contribution in [0.1, 0.15) is 6.42 Å². The van der Waals surface area contributed by atoms with Crippen LogP contribution in [0.15, 0.2) is 25.3 Å². The van der Waals surface area contributed by atoms with Crippen molar-refractivity contribution in [2.24, 2.45) is 0 Å². The van der Waals surface area contributed by atoms with E-state index in [0.717, 1.165) is 0 Å². The molecular weight excluding hydrogens is 334 g/mol. The minimum atomic E-state index is -3.10. The van der Waals surface area contributed by atoms with Gasteiger partial charge in [0.15, 0.2) is 0 Å². The third-order valence-electron chi connectivity index (χ3n) is 2.74. The zero-order chi connectivity index (χ0) is 17.8. The van der Waals surface area contributed by atoms with Crippen molar-refractivity contribution in [2.75, 3.05) is 34.0 Å². The molecule has 10 heteroatoms. The van der Waals surface area contributed by atoms with E-state index in [1.807, 2.05) is 0 Å². The maximum Gasteiger partial charge on any atom is 0.497 e. The maximum absolute atomic E-state index is 9.95. The number of aromatic nitrogens is 3. The first-order valence-corrected chi connectivity index (χ1v) is 9.23. The molecule has 134 valence electrons. The summed E-state index contributed by atoms with van der Waals surface area (Å²) < 4.78 is 26.0. The van der Waals surface area contributed by atoms with E-state index < -0.39 is 8.80 Å². The molecule has 0 aliphatic rings. The molecule has 0 atom stereocenters. The maximum atomic E-state index is 9.95. The van der Waals surface area contributed by atoms with E-state index in [-0.39, 0.29) is 37.9 Å². The Balaban J connectivity index is 2.64. The molecule has 0 aliphatic carbocycles. The highest BCUT2D eigenvalue weighted by Gasteiger charge is 2.33. The molecule has 0 fully saturated rings. The average molecular weight is 357 g/mol. The van der Waals surface area contributed by atoms with E-state index in [0.29, 0.717) is 12.5 Å². The van der Waals surface area contributed by atoms with Crippen LogP contribution < -0.4 is 14.2 Å². The largest absolute Gasteiger partial charge is 0.497 e. The molecule has 24 heavy (non-hydrogen) atoms. The molecule has 1 heterocycles. The molecule has 0 bridgehead atoms. The minimum absolute atomic E-state index is 0.0585. The van der Waals surface area contributed by atoms with Crippen LogP contribution in [0.25, 0.3) is 0 Å². The third kappa shape index (κ3) is 7.04. The van der Waals surface area contributed by atoms with Crippen LogP contribution in [0, 0.1) is 0 Å². The fourth-order valence-electron chi connectivity index (χ4n) is 1.53. The van der Waals surface area contributed by atoms with Crippen molar-refractivity contribution in [1.29, 1.82) is 0 Å². The molecule has 0 radical (unpaired) electrons. The van der Waals surface area contributed by atoms with Gasteiger partial charge in [-0.05, 0) is 6.42 Å². The fraction of sp³-hybridized carbons (Fsp3) is 0.500. The average Bonchev–Trinajstić information content (AvgIpc) is 2.61. The molecule has 9 nitrogen and oxygen atoms in total. The summed E-state index contributed by atoms with van der Waals surface area (Å²) in [6, 6.07) is 0.547. The first-order chi connectivity index (χ1) is 11.6. The Morgan fingerprint density at radius 3 is 1.79 bits per heavy atom. The van der Waals surface area contributed by atoms with Crippen LogP contribution in [-0.4, -0.2) is 62.6 Å². The number of hydrogen-bond donors (Lipinski definition) is 1. The lowest BCUT2D eigenvalue weighted by molar-refractivity contribution is 0.147. The molecule has 0 aliphatic heterocycles. The number of ether oxygens (including phenoxy) is 3. The smallest absolute Gasteiger partial charge is 0.463 e. The summed E-state index contributed by atoms with van der Waals surface area (Å²) in [7, 11) is -0.274. The van der Waals surface area contributed by atoms with Gasteiger partial charge in [-0.25, -0.2) is 0 Å². The molecule has 1 aromatic rings. The second kappa shape index (κ2) is 10.7. The molecular formula is C14H23N3O6Si. The van der Waals surface area contributed by atoms with Gasteiger partial charge >= 0.3 is 26.8 Å². The molecule has 0 aromatic carbocycles. The van der Waals surface area contributed by atoms with Gasteiger partial charge < -0.3 is 27.9 Å². The van der Waals surface area contributed by atoms with E-state index >= 15 is 0 Å². The zero-order valence-corrected chi connectivity index (χ0v) is 14.9. The highest BCUT2D eigenvalue weighted by Crippen LogP contribution is 2.16. The van der Waals surface area contributed by atoms with Gasteiger partial charge in [-0.3, -0.25) is 0 Å². The summed E-state index contributed by atoms with van der Waals surface area (Å²) in [4.78, 5) is 22.0. The van der Waals surface area contributed by atoms with Crippen LogP contribution in [-0.2, 0) is 8.85 Å². The third-order valence-corrected chi connectivity index (χ3v) is 5.00. The molecule has 1 aromatic heterocycles. The Labute approximate surface area is 142 Å². The first kappa shape index (κ1) is 20.0. The van der Waals surface area contributed by atoms with E-state index in [4.69, 9.17) is 23.1 Å². The summed E-state index contributed by atoms with van der Waals surface area (Å²) in [5.74, 6) is 0. The van der Waals surface area contributed by atoms with Crippen LogP contribution in [0.5, 0.6) is 18.0 Å². The second-order valence-corrected chi connectivity index (χ2v) is 7.20. The fourth-order valence-corrected chi connectivity index (χ4v) is 2.69. The standard InChI is InChI=1S/C14H23N3O6Si/c1-5-8-21-12-15-13(22-9-6-2)17-14(16-12)23-10-7-11-24(18,19-3)20-4/h5-6,18H,1-2,7-11H2,3-4H3. The zero-order valence-electron chi connectivity index (χ0n) is 13.9. The van der Waals surface area contributed by atoms with Crippen LogP contribution in [0.4, 0.5) is 0 Å². The van der Waals surface area contributed by atoms with E-state index in [2.05, 4.69) is 28.1 Å². The van der Waals surface area contributed by atoms with Gasteiger partial charge in [-0.1, -0.05) is 25.3 Å². The van der Waals surface area contributed by atoms with E-state index in [9.17, 15) is 4.80 Å². The highest BCUT2D eigenvalue weighted by atomic mass is 28.4. The van der Waals surface area contributed by atoms with E-state index in [1.54, 1.807) is 12.2 Å². The Kier molecular flexibility index (Phi) is 8.93. The van der Waals surface area contributed by atoms with Crippen LogP contribution in [0.2, 0.25) is 6.04 Å². The lowest BCUT2D eigenvalue weighted by Crippen LogP contribution is -2.40. The Bertz CT molecular complexity index is 497. The van der Waals surface area contributed by atoms with Crippen molar-refractivity contribution in [1.82, 2.24) is 15.0 Å². The number of hydrogen-bond acceptors (Lipinski definition) is 9. The SMILES string of the molecule is C=CCOc1nc(OCC=C)nc(OCCC[Si](O)(OC)OC)n1. The van der Waals surface area contributed by atoms with Crippen molar-refractivity contribution in [3.05, 3.63) is 25.3 Å². The molecule has 1 N–H and O–H groups in total. The summed E-state index contributed by atoms with van der Waals surface area (Å²) in [6.45, 7) is 7.85. The Hall–Kier alpha value is -2.01. The second-order valence-electron chi connectivity index (χ2n) is 4.46. The van der Waals surface area contributed by atoms with Crippen LogP contribution >= 0.6 is 0 Å². The molecule has 1 rings (SSSR count). The van der Waals surface area contributed by atoms with Gasteiger partial charge in [0.2, 0.25) is 0 Å². The summed E-state index contributed by atoms with van der Waals surface area (Å²) in [5, 5.41) is 0. The predicted octanol–water partition coefficient (Wildman–Crippen LogP) is 0.994. The highest BCUT2D eigenvalue weighted by molar-refractivity contribution is 6.59. The van der Waals surface area contributed by atoms with Gasteiger partial charge in [0, 0.05) is 20.3 Å². The van der Waals surface area contributed by atoms with Gasteiger partial charge in [0.05, 0.1) is 6.61 Å². The molecule has 0 saturated carbocycles. The van der Waals surface area contributed by atoms with Crippen molar-refractivity contribution in [3.63, 3.8) is 0 Å². The lowest BCUT2D eigenvalue weighted by Gasteiger charge is -2.19. The normalized spacial score (nSPS) is 11.0. The van der Waals surface area contributed by atoms with Crippen molar-refractivity contribution >= 4 is 8.80 Å². The van der Waals surface area contributed by atoms with Gasteiger partial charge in [0.1, 0.15) is 13.2 Å². The monoisotopic (exact) mass is 357 g/mol. The van der Waals surface area contributed by atoms with Crippen molar-refractivity contribution in [2.45, 2.75) is 12.5 Å². The van der Waals surface area contributed by atoms with Crippen molar-refractivity contribution < 1.29 is 27.9 Å². The lowest BCUT2D eigenvalue weighted by atomic mass is 10.5. The molecule has 0 spiro atoms. The summed E-state index contributed by atoms with van der Waals surface area (Å²) in [6.07, 6.45) is 3.63. The minimum Gasteiger partial charge on any atom is -0.463 e. The van der Waals surface area contributed by atoms with Crippen molar-refractivity contribution in [3.8, 4) is 18.0 Å². The topological polar surface area (TPSA) is 105 Å². The first-order valence-electron chi connectivity index (χ1n) is 7.25. The van der Waals surface area contributed by atoms with Gasteiger partial charge in [0.25, 0.3) is 0 Å². The quantitative estimate of drug-likeness (QED) is 0.314. The predicted molar refractivity (Wildman–Crippen MR) is 88.1 cm³/mol. The van der Waals surface area contributed by atoms with Crippen LogP contribution in [0.3, 0.4) is 0 Å². The van der Waals surface area contributed by atoms with Gasteiger partial charge in [-0.15, -0.1) is 15.0 Å². The Morgan fingerprint density at radius 1 is 0.917 bits per heavy atom. The molecule has 0 amide bonds. The Morgan fingerprint density at radius 2 is 1.38 bits per heavy atom. The van der Waals surface area contributed by atoms with Gasteiger partial charge in [-0.2, -0.15) is 0 Å². The number of nitrogens with zero attached hydrogens (tertiary/aromatic N) is 3. The summed E-state index contributed by atoms with van der Waals surface area (Å²) in [5.41, 5.74) is 0. The number of rotatable bonds is 13.